The topological polar surface area (TPSA) is 80.7 Å². The SMILES string of the molecule is CCNC(=NCc1ccc(Oc2ccc(OC)cc2)nc1)NCCc1ncc(CC)s1.I. The van der Waals surface area contributed by atoms with Gasteiger partial charge in [0.2, 0.25) is 5.88 Å². The molecule has 0 amide bonds. The van der Waals surface area contributed by atoms with Gasteiger partial charge in [-0.25, -0.2) is 15.0 Å². The van der Waals surface area contributed by atoms with E-state index in [0.717, 1.165) is 48.2 Å². The molecule has 3 rings (SSSR count). The maximum Gasteiger partial charge on any atom is 0.219 e. The summed E-state index contributed by atoms with van der Waals surface area (Å²) in [6.45, 7) is 6.32. The van der Waals surface area contributed by atoms with Crippen LogP contribution in [-0.4, -0.2) is 36.1 Å². The van der Waals surface area contributed by atoms with Crippen molar-refractivity contribution in [2.45, 2.75) is 33.2 Å². The lowest BCUT2D eigenvalue weighted by molar-refractivity contribution is 0.412. The first-order valence-corrected chi connectivity index (χ1v) is 11.2. The number of ether oxygens (including phenoxy) is 2. The maximum absolute atomic E-state index is 5.77. The van der Waals surface area contributed by atoms with Gasteiger partial charge in [0.1, 0.15) is 11.5 Å². The zero-order chi connectivity index (χ0) is 21.9. The molecule has 3 aromatic rings. The summed E-state index contributed by atoms with van der Waals surface area (Å²) < 4.78 is 10.9. The summed E-state index contributed by atoms with van der Waals surface area (Å²) in [5.41, 5.74) is 1.01. The Hall–Kier alpha value is -2.40. The molecule has 2 N–H and O–H groups in total. The van der Waals surface area contributed by atoms with Gasteiger partial charge in [0, 0.05) is 42.8 Å². The summed E-state index contributed by atoms with van der Waals surface area (Å²) in [6, 6.07) is 11.2. The Morgan fingerprint density at radius 2 is 1.78 bits per heavy atom. The highest BCUT2D eigenvalue weighted by Gasteiger charge is 2.03. The molecule has 0 saturated heterocycles. The average molecular weight is 567 g/mol. The normalized spacial score (nSPS) is 10.9. The van der Waals surface area contributed by atoms with Crippen molar-refractivity contribution in [3.63, 3.8) is 0 Å². The first-order valence-electron chi connectivity index (χ1n) is 10.4. The minimum Gasteiger partial charge on any atom is -0.497 e. The molecule has 0 spiro atoms. The van der Waals surface area contributed by atoms with Crippen LogP contribution in [0.1, 0.15) is 29.3 Å². The third-order valence-electron chi connectivity index (χ3n) is 4.42. The highest BCUT2D eigenvalue weighted by atomic mass is 127. The second-order valence-electron chi connectivity index (χ2n) is 6.73. The molecular weight excluding hydrogens is 537 g/mol. The lowest BCUT2D eigenvalue weighted by Crippen LogP contribution is -2.38. The van der Waals surface area contributed by atoms with Crippen LogP contribution in [0.2, 0.25) is 0 Å². The van der Waals surface area contributed by atoms with Crippen molar-refractivity contribution in [1.29, 1.82) is 0 Å². The molecule has 0 aliphatic rings. The van der Waals surface area contributed by atoms with Crippen LogP contribution in [0.4, 0.5) is 0 Å². The van der Waals surface area contributed by atoms with Gasteiger partial charge in [0.15, 0.2) is 5.96 Å². The molecule has 0 atom stereocenters. The third kappa shape index (κ3) is 8.27. The number of guanidine groups is 1. The number of benzene rings is 1. The Bertz CT molecular complexity index is 961. The number of rotatable bonds is 10. The molecule has 32 heavy (non-hydrogen) atoms. The number of nitrogens with zero attached hydrogens (tertiary/aromatic N) is 3. The van der Waals surface area contributed by atoms with Crippen LogP contribution in [0.5, 0.6) is 17.4 Å². The van der Waals surface area contributed by atoms with Gasteiger partial charge in [-0.05, 0) is 43.2 Å². The monoisotopic (exact) mass is 567 g/mol. The van der Waals surface area contributed by atoms with E-state index in [0.29, 0.717) is 18.2 Å². The van der Waals surface area contributed by atoms with E-state index in [1.54, 1.807) is 24.6 Å². The number of thiazole rings is 1. The minimum atomic E-state index is 0. The van der Waals surface area contributed by atoms with E-state index in [1.165, 1.54) is 4.88 Å². The fourth-order valence-electron chi connectivity index (χ4n) is 2.76. The third-order valence-corrected chi connectivity index (χ3v) is 5.63. The number of aliphatic imine (C=N–C) groups is 1. The second-order valence-corrected chi connectivity index (χ2v) is 7.93. The van der Waals surface area contributed by atoms with Crippen LogP contribution in [-0.2, 0) is 19.4 Å². The zero-order valence-corrected chi connectivity index (χ0v) is 21.8. The Morgan fingerprint density at radius 3 is 2.41 bits per heavy atom. The Morgan fingerprint density at radius 1 is 1.00 bits per heavy atom. The Labute approximate surface area is 210 Å². The smallest absolute Gasteiger partial charge is 0.219 e. The number of hydrogen-bond donors (Lipinski definition) is 2. The molecule has 2 heterocycles. The van der Waals surface area contributed by atoms with Crippen molar-refractivity contribution in [3.05, 3.63) is 64.2 Å². The van der Waals surface area contributed by atoms with Crippen molar-refractivity contribution in [2.75, 3.05) is 20.2 Å². The van der Waals surface area contributed by atoms with E-state index in [4.69, 9.17) is 9.47 Å². The van der Waals surface area contributed by atoms with Crippen LogP contribution >= 0.6 is 35.3 Å². The summed E-state index contributed by atoms with van der Waals surface area (Å²) in [6.07, 6.45) is 5.67. The zero-order valence-electron chi connectivity index (χ0n) is 18.6. The lowest BCUT2D eigenvalue weighted by atomic mass is 10.3. The summed E-state index contributed by atoms with van der Waals surface area (Å²) in [4.78, 5) is 14.8. The minimum absolute atomic E-state index is 0. The molecule has 0 radical (unpaired) electrons. The molecule has 0 bridgehead atoms. The summed E-state index contributed by atoms with van der Waals surface area (Å²) in [7, 11) is 1.64. The van der Waals surface area contributed by atoms with Crippen LogP contribution in [0.25, 0.3) is 0 Å². The fraction of sp³-hybridized carbons (Fsp3) is 0.348. The molecule has 2 aromatic heterocycles. The second kappa shape index (κ2) is 13.9. The van der Waals surface area contributed by atoms with Gasteiger partial charge in [-0.15, -0.1) is 35.3 Å². The van der Waals surface area contributed by atoms with E-state index in [2.05, 4.69) is 39.4 Å². The van der Waals surface area contributed by atoms with Gasteiger partial charge in [0.25, 0.3) is 0 Å². The first-order chi connectivity index (χ1) is 15.2. The van der Waals surface area contributed by atoms with Crippen LogP contribution in [0.15, 0.2) is 53.8 Å². The van der Waals surface area contributed by atoms with Crippen molar-refractivity contribution in [1.82, 2.24) is 20.6 Å². The summed E-state index contributed by atoms with van der Waals surface area (Å²) >= 11 is 1.77. The van der Waals surface area contributed by atoms with Gasteiger partial charge < -0.3 is 20.1 Å². The molecule has 7 nitrogen and oxygen atoms in total. The molecular formula is C23H30IN5O2S. The van der Waals surface area contributed by atoms with Crippen LogP contribution in [0, 0.1) is 0 Å². The number of pyridine rings is 1. The van der Waals surface area contributed by atoms with Crippen molar-refractivity contribution in [2.24, 2.45) is 4.99 Å². The number of aromatic nitrogens is 2. The fourth-order valence-corrected chi connectivity index (χ4v) is 3.62. The maximum atomic E-state index is 5.77. The highest BCUT2D eigenvalue weighted by Crippen LogP contribution is 2.22. The van der Waals surface area contributed by atoms with Crippen LogP contribution in [0.3, 0.4) is 0 Å². The number of aryl methyl sites for hydroxylation is 1. The Balaban J connectivity index is 0.00000363. The lowest BCUT2D eigenvalue weighted by Gasteiger charge is -2.11. The van der Waals surface area contributed by atoms with Crippen LogP contribution < -0.4 is 20.1 Å². The number of halogens is 1. The molecule has 172 valence electrons. The van der Waals surface area contributed by atoms with E-state index in [9.17, 15) is 0 Å². The molecule has 0 saturated carbocycles. The number of methoxy groups -OCH3 is 1. The first kappa shape index (κ1) is 25.9. The molecule has 0 aliphatic carbocycles. The molecule has 0 unspecified atom stereocenters. The van der Waals surface area contributed by atoms with E-state index < -0.39 is 0 Å². The largest absolute Gasteiger partial charge is 0.497 e. The predicted molar refractivity (Wildman–Crippen MR) is 141 cm³/mol. The number of nitrogens with one attached hydrogen (secondary N) is 2. The van der Waals surface area contributed by atoms with E-state index >= 15 is 0 Å². The highest BCUT2D eigenvalue weighted by molar-refractivity contribution is 14.0. The molecule has 9 heteroatoms. The quantitative estimate of drug-likeness (QED) is 0.208. The van der Waals surface area contributed by atoms with Crippen molar-refractivity contribution >= 4 is 41.3 Å². The average Bonchev–Trinajstić information content (AvgIpc) is 3.27. The van der Waals surface area contributed by atoms with Gasteiger partial charge in [-0.3, -0.25) is 0 Å². The van der Waals surface area contributed by atoms with Gasteiger partial charge in [-0.1, -0.05) is 13.0 Å². The van der Waals surface area contributed by atoms with Gasteiger partial charge in [-0.2, -0.15) is 0 Å². The summed E-state index contributed by atoms with van der Waals surface area (Å²) in [5, 5.41) is 7.80. The number of hydrogen-bond acceptors (Lipinski definition) is 6. The van der Waals surface area contributed by atoms with Gasteiger partial charge in [0.05, 0.1) is 18.7 Å². The summed E-state index contributed by atoms with van der Waals surface area (Å²) in [5.74, 6) is 2.83. The predicted octanol–water partition coefficient (Wildman–Crippen LogP) is 4.82. The standard InChI is InChI=1S/C23H29N5O2S.HI/c1-4-20-16-27-22(31-20)12-13-25-23(24-5-2)28-15-17-6-11-21(26-14-17)30-19-9-7-18(29-3)8-10-19;/h6-11,14,16H,4-5,12-13,15H2,1-3H3,(H2,24,25,28);1H. The van der Waals surface area contributed by atoms with E-state index in [-0.39, 0.29) is 24.0 Å². The van der Waals surface area contributed by atoms with E-state index in [1.807, 2.05) is 42.6 Å². The van der Waals surface area contributed by atoms with Gasteiger partial charge >= 0.3 is 0 Å². The molecule has 1 aromatic carbocycles. The molecule has 0 aliphatic heterocycles. The van der Waals surface area contributed by atoms with Crippen molar-refractivity contribution < 1.29 is 9.47 Å². The Kier molecular flexibility index (Phi) is 11.2. The molecule has 0 fully saturated rings. The van der Waals surface area contributed by atoms with Crippen molar-refractivity contribution in [3.8, 4) is 17.4 Å².